The quantitative estimate of drug-likeness (QED) is 0.870. The van der Waals surface area contributed by atoms with Crippen LogP contribution in [0.25, 0.3) is 0 Å². The van der Waals surface area contributed by atoms with Crippen LogP contribution in [0.1, 0.15) is 28.4 Å². The number of alkyl halides is 3. The van der Waals surface area contributed by atoms with Gasteiger partial charge in [-0.05, 0) is 43.3 Å². The molecule has 1 unspecified atom stereocenters. The van der Waals surface area contributed by atoms with E-state index < -0.39 is 23.6 Å². The molecule has 2 aromatic rings. The molecular weight excluding hydrogens is 284 g/mol. The van der Waals surface area contributed by atoms with Crippen molar-refractivity contribution in [1.29, 1.82) is 0 Å². The first-order valence-electron chi connectivity index (χ1n) is 6.30. The number of pyridine rings is 1. The van der Waals surface area contributed by atoms with Crippen LogP contribution in [-0.2, 0) is 6.18 Å². The molecule has 21 heavy (non-hydrogen) atoms. The van der Waals surface area contributed by atoms with Crippen LogP contribution < -0.4 is 5.32 Å². The van der Waals surface area contributed by atoms with Crippen LogP contribution in [0, 0.1) is 12.7 Å². The van der Waals surface area contributed by atoms with Gasteiger partial charge in [0.05, 0.1) is 17.3 Å². The number of nitrogens with zero attached hydrogens (tertiary/aromatic N) is 1. The monoisotopic (exact) mass is 298 g/mol. The van der Waals surface area contributed by atoms with E-state index in [1.807, 2.05) is 13.0 Å². The molecule has 0 saturated carbocycles. The minimum Gasteiger partial charge on any atom is -0.308 e. The highest BCUT2D eigenvalue weighted by Gasteiger charge is 2.34. The molecule has 0 radical (unpaired) electrons. The fourth-order valence-electron chi connectivity index (χ4n) is 2.20. The molecule has 0 bridgehead atoms. The molecule has 1 heterocycles. The summed E-state index contributed by atoms with van der Waals surface area (Å²) in [5.41, 5.74) is 0.653. The molecule has 1 aromatic heterocycles. The van der Waals surface area contributed by atoms with E-state index in [4.69, 9.17) is 0 Å². The summed E-state index contributed by atoms with van der Waals surface area (Å²) in [6, 6.07) is 6.06. The Balaban J connectivity index is 2.45. The second-order valence-corrected chi connectivity index (χ2v) is 4.66. The van der Waals surface area contributed by atoms with Gasteiger partial charge in [-0.3, -0.25) is 4.98 Å². The van der Waals surface area contributed by atoms with E-state index in [1.165, 1.54) is 6.07 Å². The number of benzene rings is 1. The summed E-state index contributed by atoms with van der Waals surface area (Å²) in [5, 5.41) is 2.95. The zero-order valence-corrected chi connectivity index (χ0v) is 11.5. The second kappa shape index (κ2) is 5.81. The molecule has 0 aliphatic carbocycles. The van der Waals surface area contributed by atoms with E-state index in [-0.39, 0.29) is 0 Å². The van der Waals surface area contributed by atoms with Gasteiger partial charge in [0, 0.05) is 6.20 Å². The van der Waals surface area contributed by atoms with Gasteiger partial charge in [-0.25, -0.2) is 4.39 Å². The van der Waals surface area contributed by atoms with Gasteiger partial charge in [0.2, 0.25) is 0 Å². The lowest BCUT2D eigenvalue weighted by atomic mass is 9.98. The Kier molecular flexibility index (Phi) is 4.27. The molecule has 0 saturated heterocycles. The van der Waals surface area contributed by atoms with Crippen molar-refractivity contribution in [2.45, 2.75) is 19.1 Å². The zero-order chi connectivity index (χ0) is 15.6. The fraction of sp³-hybridized carbons (Fsp3) is 0.267. The van der Waals surface area contributed by atoms with Crippen LogP contribution in [0.3, 0.4) is 0 Å². The largest absolute Gasteiger partial charge is 0.419 e. The van der Waals surface area contributed by atoms with Gasteiger partial charge >= 0.3 is 6.18 Å². The molecule has 1 aromatic carbocycles. The van der Waals surface area contributed by atoms with Crippen LogP contribution >= 0.6 is 0 Å². The Morgan fingerprint density at radius 3 is 2.43 bits per heavy atom. The molecule has 1 N–H and O–H groups in total. The highest BCUT2D eigenvalue weighted by atomic mass is 19.4. The van der Waals surface area contributed by atoms with Gasteiger partial charge in [-0.2, -0.15) is 13.2 Å². The predicted molar refractivity (Wildman–Crippen MR) is 71.3 cm³/mol. The summed E-state index contributed by atoms with van der Waals surface area (Å²) in [4.78, 5) is 4.22. The van der Waals surface area contributed by atoms with E-state index in [0.717, 1.165) is 17.7 Å². The minimum atomic E-state index is -4.70. The number of hydrogen-bond donors (Lipinski definition) is 1. The van der Waals surface area contributed by atoms with Crippen LogP contribution in [0.5, 0.6) is 0 Å². The van der Waals surface area contributed by atoms with Crippen molar-refractivity contribution in [3.8, 4) is 0 Å². The van der Waals surface area contributed by atoms with Gasteiger partial charge in [-0.15, -0.1) is 0 Å². The molecule has 2 rings (SSSR count). The minimum absolute atomic E-state index is 0.393. The topological polar surface area (TPSA) is 24.9 Å². The average Bonchev–Trinajstić information content (AvgIpc) is 2.40. The molecule has 0 aliphatic heterocycles. The van der Waals surface area contributed by atoms with E-state index in [2.05, 4.69) is 10.3 Å². The molecule has 1 atom stereocenters. The number of hydrogen-bond acceptors (Lipinski definition) is 2. The third-order valence-electron chi connectivity index (χ3n) is 3.24. The third kappa shape index (κ3) is 3.21. The van der Waals surface area contributed by atoms with Gasteiger partial charge in [0.15, 0.2) is 0 Å². The Bertz CT molecular complexity index is 638. The number of rotatable bonds is 3. The average molecular weight is 298 g/mol. The predicted octanol–water partition coefficient (Wildman–Crippen LogP) is 3.86. The number of aryl methyl sites for hydroxylation is 1. The van der Waals surface area contributed by atoms with Gasteiger partial charge in [-0.1, -0.05) is 12.1 Å². The standard InChI is InChI=1S/C15H14F4N2/c1-9-4-3-7-21-13(9)14(20-2)10-5-6-11(12(16)8-10)15(17,18)19/h3-8,14,20H,1-2H3. The summed E-state index contributed by atoms with van der Waals surface area (Å²) in [6.45, 7) is 1.84. The molecule has 0 fully saturated rings. The Labute approximate surface area is 119 Å². The van der Waals surface area contributed by atoms with Crippen molar-refractivity contribution in [3.63, 3.8) is 0 Å². The SMILES string of the molecule is CNC(c1ccc(C(F)(F)F)c(F)c1)c1ncccc1C. The lowest BCUT2D eigenvalue weighted by Crippen LogP contribution is -2.20. The summed E-state index contributed by atoms with van der Waals surface area (Å²) in [5.74, 6) is -1.28. The zero-order valence-electron chi connectivity index (χ0n) is 11.5. The first-order valence-corrected chi connectivity index (χ1v) is 6.30. The third-order valence-corrected chi connectivity index (χ3v) is 3.24. The summed E-state index contributed by atoms with van der Waals surface area (Å²) in [7, 11) is 1.65. The van der Waals surface area contributed by atoms with Gasteiger partial charge in [0.25, 0.3) is 0 Å². The number of aromatic nitrogens is 1. The molecule has 0 amide bonds. The Morgan fingerprint density at radius 2 is 1.90 bits per heavy atom. The molecule has 6 heteroatoms. The smallest absolute Gasteiger partial charge is 0.308 e. The van der Waals surface area contributed by atoms with Crippen LogP contribution in [0.2, 0.25) is 0 Å². The first kappa shape index (κ1) is 15.4. The van der Waals surface area contributed by atoms with Gasteiger partial charge in [0.1, 0.15) is 5.82 Å². The van der Waals surface area contributed by atoms with Crippen molar-refractivity contribution in [2.24, 2.45) is 0 Å². The first-order chi connectivity index (χ1) is 9.84. The maximum absolute atomic E-state index is 13.7. The summed E-state index contributed by atoms with van der Waals surface area (Å²) in [6.07, 6.45) is -3.11. The molecule has 112 valence electrons. The van der Waals surface area contributed by atoms with Crippen molar-refractivity contribution in [2.75, 3.05) is 7.05 Å². The van der Waals surface area contributed by atoms with Crippen molar-refractivity contribution in [1.82, 2.24) is 10.3 Å². The summed E-state index contributed by atoms with van der Waals surface area (Å²) < 4.78 is 51.4. The Morgan fingerprint density at radius 1 is 1.19 bits per heavy atom. The molecule has 0 aliphatic rings. The number of nitrogens with one attached hydrogen (secondary N) is 1. The lowest BCUT2D eigenvalue weighted by Gasteiger charge is -2.19. The van der Waals surface area contributed by atoms with E-state index >= 15 is 0 Å². The van der Waals surface area contributed by atoms with Crippen molar-refractivity contribution < 1.29 is 17.6 Å². The van der Waals surface area contributed by atoms with Crippen molar-refractivity contribution >= 4 is 0 Å². The molecule has 0 spiro atoms. The highest BCUT2D eigenvalue weighted by molar-refractivity contribution is 5.35. The Hall–Kier alpha value is -1.95. The van der Waals surface area contributed by atoms with Gasteiger partial charge < -0.3 is 5.32 Å². The maximum atomic E-state index is 13.7. The van der Waals surface area contributed by atoms with E-state index in [9.17, 15) is 17.6 Å². The normalized spacial score (nSPS) is 13.2. The lowest BCUT2D eigenvalue weighted by molar-refractivity contribution is -0.140. The van der Waals surface area contributed by atoms with Crippen LogP contribution in [-0.4, -0.2) is 12.0 Å². The van der Waals surface area contributed by atoms with E-state index in [0.29, 0.717) is 11.3 Å². The van der Waals surface area contributed by atoms with Crippen LogP contribution in [0.15, 0.2) is 36.5 Å². The van der Waals surface area contributed by atoms with Crippen molar-refractivity contribution in [3.05, 3.63) is 64.7 Å². The highest BCUT2D eigenvalue weighted by Crippen LogP contribution is 2.33. The number of halogens is 4. The van der Waals surface area contributed by atoms with E-state index in [1.54, 1.807) is 19.3 Å². The summed E-state index contributed by atoms with van der Waals surface area (Å²) >= 11 is 0. The van der Waals surface area contributed by atoms with Crippen LogP contribution in [0.4, 0.5) is 17.6 Å². The fourth-order valence-corrected chi connectivity index (χ4v) is 2.20. The maximum Gasteiger partial charge on any atom is 0.419 e. The second-order valence-electron chi connectivity index (χ2n) is 4.66. The molecule has 2 nitrogen and oxygen atoms in total. The molecular formula is C15H14F4N2.